The lowest BCUT2D eigenvalue weighted by molar-refractivity contribution is 0.0896. The number of amides is 1. The molecule has 0 saturated heterocycles. The summed E-state index contributed by atoms with van der Waals surface area (Å²) < 4.78 is 10.3. The number of ether oxygens (including phenoxy) is 1. The highest BCUT2D eigenvalue weighted by molar-refractivity contribution is 5.91. The van der Waals surface area contributed by atoms with Crippen LogP contribution in [0, 0.1) is 5.92 Å². The topological polar surface area (TPSA) is 77.5 Å². The number of nitrogens with two attached hydrogens (primary N) is 1. The van der Waals surface area contributed by atoms with Gasteiger partial charge in [0.05, 0.1) is 0 Å². The van der Waals surface area contributed by atoms with Gasteiger partial charge in [-0.05, 0) is 30.9 Å². The van der Waals surface area contributed by atoms with Gasteiger partial charge in [-0.2, -0.15) is 0 Å². The second kappa shape index (κ2) is 5.33. The first-order chi connectivity index (χ1) is 8.24. The minimum Gasteiger partial charge on any atom is -0.453 e. The normalized spacial score (nSPS) is 16.8. The van der Waals surface area contributed by atoms with E-state index in [4.69, 9.17) is 14.9 Å². The van der Waals surface area contributed by atoms with Crippen LogP contribution in [0.15, 0.2) is 16.5 Å². The first-order valence-electron chi connectivity index (χ1n) is 5.83. The molecule has 1 aliphatic carbocycles. The van der Waals surface area contributed by atoms with Crippen LogP contribution in [0.2, 0.25) is 0 Å². The van der Waals surface area contributed by atoms with Crippen molar-refractivity contribution < 1.29 is 13.9 Å². The van der Waals surface area contributed by atoms with E-state index in [1.165, 1.54) is 0 Å². The molecule has 1 heterocycles. The van der Waals surface area contributed by atoms with Crippen LogP contribution >= 0.6 is 0 Å². The zero-order valence-corrected chi connectivity index (χ0v) is 9.94. The van der Waals surface area contributed by atoms with Gasteiger partial charge in [0, 0.05) is 19.7 Å². The Balaban J connectivity index is 1.93. The molecule has 2 rings (SSSR count). The second-order valence-corrected chi connectivity index (χ2v) is 4.35. The molecular formula is C12H18N2O3. The molecule has 0 aromatic carbocycles. The highest BCUT2D eigenvalue weighted by Crippen LogP contribution is 2.32. The average Bonchev–Trinajstić information content (AvgIpc) is 3.06. The van der Waals surface area contributed by atoms with Crippen molar-refractivity contribution in [2.24, 2.45) is 11.7 Å². The molecule has 94 valence electrons. The van der Waals surface area contributed by atoms with Gasteiger partial charge in [-0.3, -0.25) is 4.79 Å². The van der Waals surface area contributed by atoms with Crippen molar-refractivity contribution >= 4 is 5.91 Å². The van der Waals surface area contributed by atoms with E-state index in [-0.39, 0.29) is 11.9 Å². The number of carbonyl (C=O) groups is 1. The first kappa shape index (κ1) is 12.1. The van der Waals surface area contributed by atoms with Crippen molar-refractivity contribution in [3.05, 3.63) is 23.7 Å². The fraction of sp³-hybridized carbons (Fsp3) is 0.583. The third-order valence-corrected chi connectivity index (χ3v) is 2.93. The van der Waals surface area contributed by atoms with E-state index >= 15 is 0 Å². The van der Waals surface area contributed by atoms with Gasteiger partial charge < -0.3 is 20.2 Å². The lowest BCUT2D eigenvalue weighted by atomic mass is 10.2. The van der Waals surface area contributed by atoms with Gasteiger partial charge in [-0.25, -0.2) is 0 Å². The summed E-state index contributed by atoms with van der Waals surface area (Å²) in [5, 5.41) is 2.90. The largest absolute Gasteiger partial charge is 0.453 e. The third-order valence-electron chi connectivity index (χ3n) is 2.93. The van der Waals surface area contributed by atoms with Crippen LogP contribution in [0.1, 0.15) is 29.2 Å². The van der Waals surface area contributed by atoms with Crippen LogP contribution in [-0.4, -0.2) is 25.6 Å². The number of carbonyl (C=O) groups excluding carboxylic acids is 1. The Morgan fingerprint density at radius 2 is 2.41 bits per heavy atom. The van der Waals surface area contributed by atoms with Crippen molar-refractivity contribution in [3.63, 3.8) is 0 Å². The van der Waals surface area contributed by atoms with Crippen LogP contribution in [0.4, 0.5) is 0 Å². The molecule has 3 N–H and O–H groups in total. The van der Waals surface area contributed by atoms with E-state index in [0.717, 1.165) is 12.8 Å². The Labute approximate surface area is 100 Å². The van der Waals surface area contributed by atoms with Gasteiger partial charge in [-0.15, -0.1) is 0 Å². The summed E-state index contributed by atoms with van der Waals surface area (Å²) in [7, 11) is 1.58. The van der Waals surface area contributed by atoms with Crippen molar-refractivity contribution in [2.45, 2.75) is 25.5 Å². The molecule has 5 nitrogen and oxygen atoms in total. The summed E-state index contributed by atoms with van der Waals surface area (Å²) in [4.78, 5) is 11.9. The molecule has 17 heavy (non-hydrogen) atoms. The summed E-state index contributed by atoms with van der Waals surface area (Å²) in [6.07, 6.45) is 2.30. The lowest BCUT2D eigenvalue weighted by Crippen LogP contribution is -2.41. The van der Waals surface area contributed by atoms with Gasteiger partial charge >= 0.3 is 0 Å². The molecule has 0 aliphatic heterocycles. The summed E-state index contributed by atoms with van der Waals surface area (Å²) >= 11 is 0. The molecule has 1 unspecified atom stereocenters. The molecule has 1 atom stereocenters. The van der Waals surface area contributed by atoms with E-state index in [0.29, 0.717) is 30.6 Å². The maximum atomic E-state index is 11.9. The van der Waals surface area contributed by atoms with E-state index in [1.807, 2.05) is 0 Å². The Bertz CT molecular complexity index is 385. The Morgan fingerprint density at radius 3 is 3.00 bits per heavy atom. The van der Waals surface area contributed by atoms with E-state index < -0.39 is 0 Å². The predicted octanol–water partition coefficient (Wildman–Crippen LogP) is 0.893. The van der Waals surface area contributed by atoms with Gasteiger partial charge in [0.1, 0.15) is 12.4 Å². The summed E-state index contributed by atoms with van der Waals surface area (Å²) in [5.74, 6) is 1.30. The van der Waals surface area contributed by atoms with Gasteiger partial charge in [0.2, 0.25) is 0 Å². The van der Waals surface area contributed by atoms with Crippen molar-refractivity contribution in [2.75, 3.05) is 13.7 Å². The number of furan rings is 1. The molecule has 1 aliphatic rings. The lowest BCUT2D eigenvalue weighted by Gasteiger charge is -2.14. The quantitative estimate of drug-likeness (QED) is 0.771. The van der Waals surface area contributed by atoms with Crippen molar-refractivity contribution in [3.8, 4) is 0 Å². The molecule has 1 saturated carbocycles. The van der Waals surface area contributed by atoms with Crippen LogP contribution in [0.25, 0.3) is 0 Å². The predicted molar refractivity (Wildman–Crippen MR) is 62.5 cm³/mol. The van der Waals surface area contributed by atoms with Gasteiger partial charge in [0.15, 0.2) is 5.76 Å². The minimum atomic E-state index is -0.199. The zero-order valence-electron chi connectivity index (χ0n) is 9.94. The van der Waals surface area contributed by atoms with Crippen molar-refractivity contribution in [1.29, 1.82) is 0 Å². The fourth-order valence-corrected chi connectivity index (χ4v) is 1.83. The Hall–Kier alpha value is -1.33. The van der Waals surface area contributed by atoms with Crippen molar-refractivity contribution in [1.82, 2.24) is 5.32 Å². The van der Waals surface area contributed by atoms with Crippen LogP contribution in [0.3, 0.4) is 0 Å². The van der Waals surface area contributed by atoms with E-state index in [9.17, 15) is 4.79 Å². The standard InChI is InChI=1S/C12H18N2O3/c1-16-7-9-4-5-11(17-9)12(15)14-10(6-13)8-2-3-8/h4-5,8,10H,2-3,6-7,13H2,1H3,(H,14,15). The molecule has 5 heteroatoms. The van der Waals surface area contributed by atoms with Gasteiger partial charge in [-0.1, -0.05) is 0 Å². The number of hydrogen-bond donors (Lipinski definition) is 2. The summed E-state index contributed by atoms with van der Waals surface area (Å²) in [6.45, 7) is 0.846. The fourth-order valence-electron chi connectivity index (χ4n) is 1.83. The Morgan fingerprint density at radius 1 is 1.65 bits per heavy atom. The highest BCUT2D eigenvalue weighted by Gasteiger charge is 2.31. The van der Waals surface area contributed by atoms with Crippen LogP contribution in [-0.2, 0) is 11.3 Å². The summed E-state index contributed by atoms with van der Waals surface area (Å²) in [6, 6.07) is 3.47. The monoisotopic (exact) mass is 238 g/mol. The zero-order chi connectivity index (χ0) is 12.3. The maximum absolute atomic E-state index is 11.9. The smallest absolute Gasteiger partial charge is 0.287 e. The number of nitrogens with one attached hydrogen (secondary N) is 1. The van der Waals surface area contributed by atoms with E-state index in [2.05, 4.69) is 5.32 Å². The molecule has 0 radical (unpaired) electrons. The molecule has 1 fully saturated rings. The first-order valence-corrected chi connectivity index (χ1v) is 5.83. The molecule has 1 amide bonds. The van der Waals surface area contributed by atoms with Gasteiger partial charge in [0.25, 0.3) is 5.91 Å². The molecular weight excluding hydrogens is 220 g/mol. The van der Waals surface area contributed by atoms with Crippen LogP contribution < -0.4 is 11.1 Å². The van der Waals surface area contributed by atoms with E-state index in [1.54, 1.807) is 19.2 Å². The van der Waals surface area contributed by atoms with Crippen LogP contribution in [0.5, 0.6) is 0 Å². The molecule has 0 spiro atoms. The number of rotatable bonds is 6. The molecule has 1 aromatic rings. The number of hydrogen-bond acceptors (Lipinski definition) is 4. The third kappa shape index (κ3) is 3.08. The highest BCUT2D eigenvalue weighted by atomic mass is 16.5. The molecule has 1 aromatic heterocycles. The maximum Gasteiger partial charge on any atom is 0.287 e. The summed E-state index contributed by atoms with van der Waals surface area (Å²) in [5.41, 5.74) is 5.63. The number of methoxy groups -OCH3 is 1. The molecule has 0 bridgehead atoms. The Kier molecular flexibility index (Phi) is 3.81. The minimum absolute atomic E-state index is 0.0680. The SMILES string of the molecule is COCc1ccc(C(=O)NC(CN)C2CC2)o1. The average molecular weight is 238 g/mol. The second-order valence-electron chi connectivity index (χ2n) is 4.35.